The summed E-state index contributed by atoms with van der Waals surface area (Å²) in [4.78, 5) is 21.0. The van der Waals surface area contributed by atoms with Gasteiger partial charge in [0.1, 0.15) is 11.6 Å². The third-order valence-corrected chi connectivity index (χ3v) is 5.31. The van der Waals surface area contributed by atoms with Gasteiger partial charge in [-0.05, 0) is 56.3 Å². The first-order chi connectivity index (χ1) is 15.4. The number of rotatable bonds is 6. The van der Waals surface area contributed by atoms with Crippen LogP contribution in [0.1, 0.15) is 25.0 Å². The number of amides is 1. The molecular formula is C25H27N5O2. The second-order valence-corrected chi connectivity index (χ2v) is 8.00. The molecule has 0 aliphatic carbocycles. The lowest BCUT2D eigenvalue weighted by Crippen LogP contribution is -2.50. The van der Waals surface area contributed by atoms with E-state index in [1.54, 1.807) is 29.3 Å². The van der Waals surface area contributed by atoms with Crippen LogP contribution in [-0.2, 0) is 4.79 Å². The van der Waals surface area contributed by atoms with Crippen molar-refractivity contribution in [3.05, 3.63) is 78.0 Å². The van der Waals surface area contributed by atoms with Gasteiger partial charge in [-0.15, -0.1) is 0 Å². The van der Waals surface area contributed by atoms with E-state index in [0.29, 0.717) is 41.5 Å². The molecule has 0 radical (unpaired) electrons. The number of nitrogens with one attached hydrogen (secondary N) is 1. The second kappa shape index (κ2) is 9.09. The lowest BCUT2D eigenvalue weighted by molar-refractivity contribution is -0.117. The number of para-hydroxylation sites is 1. The summed E-state index contributed by atoms with van der Waals surface area (Å²) in [5.74, 6) is 1.36. The molecule has 7 nitrogen and oxygen atoms in total. The molecule has 0 spiro atoms. The smallest absolute Gasteiger partial charge is 0.246 e. The molecule has 3 aromatic rings. The molecule has 0 bridgehead atoms. The molecule has 0 unspecified atom stereocenters. The number of aromatic nitrogens is 1. The number of anilines is 3. The van der Waals surface area contributed by atoms with Crippen molar-refractivity contribution in [2.45, 2.75) is 20.0 Å². The minimum Gasteiger partial charge on any atom is -0.491 e. The number of nitrogens with two attached hydrogens (primary N) is 1. The minimum atomic E-state index is 0.0208. The van der Waals surface area contributed by atoms with E-state index in [1.165, 1.54) is 0 Å². The molecule has 0 saturated carbocycles. The summed E-state index contributed by atoms with van der Waals surface area (Å²) in [5.41, 5.74) is 9.14. The first kappa shape index (κ1) is 21.4. The maximum atomic E-state index is 12.8. The highest BCUT2D eigenvalue weighted by molar-refractivity contribution is 6.14. The molecule has 7 heteroatoms. The summed E-state index contributed by atoms with van der Waals surface area (Å²) in [5, 5.41) is 8.73. The fourth-order valence-corrected chi connectivity index (χ4v) is 3.75. The summed E-state index contributed by atoms with van der Waals surface area (Å²) in [6.45, 7) is 5.38. The van der Waals surface area contributed by atoms with Crippen LogP contribution in [0.2, 0.25) is 0 Å². The van der Waals surface area contributed by atoms with Gasteiger partial charge in [-0.1, -0.05) is 18.2 Å². The number of carbonyl (C=O) groups is 1. The Bertz CT molecular complexity index is 1130. The van der Waals surface area contributed by atoms with Crippen LogP contribution in [-0.4, -0.2) is 42.3 Å². The van der Waals surface area contributed by atoms with Gasteiger partial charge in [-0.25, -0.2) is 4.98 Å². The van der Waals surface area contributed by atoms with Crippen LogP contribution < -0.4 is 20.3 Å². The van der Waals surface area contributed by atoms with Gasteiger partial charge in [0, 0.05) is 41.8 Å². The molecule has 2 heterocycles. The van der Waals surface area contributed by atoms with E-state index >= 15 is 0 Å². The summed E-state index contributed by atoms with van der Waals surface area (Å²) in [6.07, 6.45) is 1.69. The van der Waals surface area contributed by atoms with E-state index in [9.17, 15) is 4.79 Å². The van der Waals surface area contributed by atoms with Crippen molar-refractivity contribution in [2.75, 3.05) is 35.2 Å². The van der Waals surface area contributed by atoms with Crippen LogP contribution in [0.5, 0.6) is 5.75 Å². The topological polar surface area (TPSA) is 95.5 Å². The number of nitrogen functional groups attached to an aromatic ring is 1. The zero-order valence-electron chi connectivity index (χ0n) is 18.3. The number of piperazine rings is 1. The van der Waals surface area contributed by atoms with Crippen LogP contribution in [0.25, 0.3) is 0 Å². The largest absolute Gasteiger partial charge is 0.491 e. The monoisotopic (exact) mass is 429 g/mol. The predicted molar refractivity (Wildman–Crippen MR) is 128 cm³/mol. The summed E-state index contributed by atoms with van der Waals surface area (Å²) < 4.78 is 5.76. The summed E-state index contributed by atoms with van der Waals surface area (Å²) in [7, 11) is 0. The van der Waals surface area contributed by atoms with Gasteiger partial charge in [0.25, 0.3) is 0 Å². The first-order valence-electron chi connectivity index (χ1n) is 10.6. The molecule has 0 atom stereocenters. The molecule has 1 aliphatic rings. The Morgan fingerprint density at radius 1 is 1.09 bits per heavy atom. The number of hydrogen-bond acceptors (Lipinski definition) is 6. The van der Waals surface area contributed by atoms with Crippen molar-refractivity contribution >= 4 is 28.8 Å². The van der Waals surface area contributed by atoms with E-state index in [4.69, 9.17) is 15.9 Å². The second-order valence-electron chi connectivity index (χ2n) is 8.00. The van der Waals surface area contributed by atoms with Gasteiger partial charge in [-0.2, -0.15) is 0 Å². The molecule has 4 rings (SSSR count). The van der Waals surface area contributed by atoms with E-state index in [-0.39, 0.29) is 24.3 Å². The molecule has 1 fully saturated rings. The quantitative estimate of drug-likeness (QED) is 0.460. The highest BCUT2D eigenvalue weighted by Gasteiger charge is 2.26. The first-order valence-corrected chi connectivity index (χ1v) is 10.6. The molecular weight excluding hydrogens is 402 g/mol. The molecule has 1 aliphatic heterocycles. The van der Waals surface area contributed by atoms with Crippen LogP contribution in [0, 0.1) is 5.41 Å². The van der Waals surface area contributed by atoms with Gasteiger partial charge >= 0.3 is 0 Å². The van der Waals surface area contributed by atoms with Crippen molar-refractivity contribution in [2.24, 2.45) is 0 Å². The Hall–Kier alpha value is -3.87. The van der Waals surface area contributed by atoms with Crippen LogP contribution >= 0.6 is 0 Å². The number of benzene rings is 2. The van der Waals surface area contributed by atoms with Gasteiger partial charge in [-0.3, -0.25) is 10.2 Å². The average molecular weight is 430 g/mol. The van der Waals surface area contributed by atoms with Crippen molar-refractivity contribution in [3.8, 4) is 5.75 Å². The lowest BCUT2D eigenvalue weighted by atomic mass is 10.0. The zero-order chi connectivity index (χ0) is 22.7. The Kier molecular flexibility index (Phi) is 6.07. The zero-order valence-corrected chi connectivity index (χ0v) is 18.3. The molecule has 164 valence electrons. The fourth-order valence-electron chi connectivity index (χ4n) is 3.75. The number of nitrogens with zero attached hydrogens (tertiary/aromatic N) is 3. The van der Waals surface area contributed by atoms with Crippen molar-refractivity contribution < 1.29 is 9.53 Å². The standard InChI is InChI=1S/C25H27N5O2/c1-17(2)32-20-8-9-22(26)21(15-20)25(27)18-10-11-28-23(14-18)29-12-13-30(24(31)16-29)19-6-4-3-5-7-19/h3-11,14-15,17,27H,12-13,16,26H2,1-2H3. The van der Waals surface area contributed by atoms with Crippen LogP contribution in [0.3, 0.4) is 0 Å². The lowest BCUT2D eigenvalue weighted by Gasteiger charge is -2.35. The maximum absolute atomic E-state index is 12.8. The third kappa shape index (κ3) is 4.56. The predicted octanol–water partition coefficient (Wildman–Crippen LogP) is 3.72. The van der Waals surface area contributed by atoms with Crippen LogP contribution in [0.15, 0.2) is 66.9 Å². The van der Waals surface area contributed by atoms with Crippen molar-refractivity contribution in [3.63, 3.8) is 0 Å². The summed E-state index contributed by atoms with van der Waals surface area (Å²) >= 11 is 0. The van der Waals surface area contributed by atoms with Gasteiger partial charge < -0.3 is 20.3 Å². The SMILES string of the molecule is CC(C)Oc1ccc(N)c(C(=N)c2ccnc(N3CCN(c4ccccc4)C(=O)C3)c2)c1. The summed E-state index contributed by atoms with van der Waals surface area (Å²) in [6, 6.07) is 18.6. The van der Waals surface area contributed by atoms with Gasteiger partial charge in [0.2, 0.25) is 5.91 Å². The van der Waals surface area contributed by atoms with Gasteiger partial charge in [0.05, 0.1) is 18.4 Å². The number of carbonyl (C=O) groups excluding carboxylic acids is 1. The minimum absolute atomic E-state index is 0.0208. The Morgan fingerprint density at radius 3 is 2.59 bits per heavy atom. The van der Waals surface area contributed by atoms with Crippen molar-refractivity contribution in [1.29, 1.82) is 5.41 Å². The Morgan fingerprint density at radius 2 is 1.88 bits per heavy atom. The van der Waals surface area contributed by atoms with E-state index in [2.05, 4.69) is 4.98 Å². The van der Waals surface area contributed by atoms with E-state index < -0.39 is 0 Å². The Balaban J connectivity index is 1.53. The molecule has 1 aromatic heterocycles. The normalized spacial score (nSPS) is 14.0. The molecule has 3 N–H and O–H groups in total. The van der Waals surface area contributed by atoms with Gasteiger partial charge in [0.15, 0.2) is 0 Å². The maximum Gasteiger partial charge on any atom is 0.246 e. The average Bonchev–Trinajstić information content (AvgIpc) is 2.80. The highest BCUT2D eigenvalue weighted by Crippen LogP contribution is 2.25. The van der Waals surface area contributed by atoms with E-state index in [1.807, 2.05) is 61.2 Å². The molecule has 32 heavy (non-hydrogen) atoms. The number of hydrogen-bond donors (Lipinski definition) is 2. The van der Waals surface area contributed by atoms with Crippen LogP contribution in [0.4, 0.5) is 17.2 Å². The number of ether oxygens (including phenoxy) is 1. The number of pyridine rings is 1. The van der Waals surface area contributed by atoms with E-state index in [0.717, 1.165) is 5.69 Å². The Labute approximate surface area is 187 Å². The fraction of sp³-hybridized carbons (Fsp3) is 0.240. The van der Waals surface area contributed by atoms with Crippen molar-refractivity contribution in [1.82, 2.24) is 4.98 Å². The molecule has 2 aromatic carbocycles. The molecule has 1 amide bonds. The highest BCUT2D eigenvalue weighted by atomic mass is 16.5. The molecule has 1 saturated heterocycles. The third-order valence-electron chi connectivity index (χ3n) is 5.31.